The third kappa shape index (κ3) is 4.79. The van der Waals surface area contributed by atoms with E-state index in [2.05, 4.69) is 5.32 Å². The summed E-state index contributed by atoms with van der Waals surface area (Å²) >= 11 is 0. The molecule has 1 aromatic carbocycles. The molecule has 0 radical (unpaired) electrons. The highest BCUT2D eigenvalue weighted by atomic mass is 16.4. The van der Waals surface area contributed by atoms with Gasteiger partial charge >= 0.3 is 12.0 Å². The number of rotatable bonds is 5. The zero-order valence-corrected chi connectivity index (χ0v) is 10.8. The number of aliphatic carboxylic acids is 1. The molecule has 0 aliphatic heterocycles. The molecular weight excluding hydrogens is 248 g/mol. The first-order valence-corrected chi connectivity index (χ1v) is 5.75. The molecule has 0 atom stereocenters. The van der Waals surface area contributed by atoms with Crippen LogP contribution in [0.2, 0.25) is 0 Å². The maximum Gasteiger partial charge on any atom is 0.321 e. The Morgan fingerprint density at radius 1 is 1.32 bits per heavy atom. The summed E-state index contributed by atoms with van der Waals surface area (Å²) in [7, 11) is 1.51. The maximum atomic E-state index is 11.7. The average molecular weight is 264 g/mol. The van der Waals surface area contributed by atoms with E-state index in [9.17, 15) is 14.4 Å². The lowest BCUT2D eigenvalue weighted by atomic mass is 10.1. The third-order valence-corrected chi connectivity index (χ3v) is 2.53. The van der Waals surface area contributed by atoms with Gasteiger partial charge in [-0.1, -0.05) is 12.1 Å². The SMILES string of the molecule is CC(=O)c1cccc(NC(=O)N(C)CCC(=O)O)c1. The van der Waals surface area contributed by atoms with E-state index in [1.807, 2.05) is 0 Å². The van der Waals surface area contributed by atoms with Gasteiger partial charge < -0.3 is 15.3 Å². The van der Waals surface area contributed by atoms with Gasteiger partial charge in [0.1, 0.15) is 0 Å². The van der Waals surface area contributed by atoms with E-state index in [1.165, 1.54) is 18.9 Å². The van der Waals surface area contributed by atoms with Gasteiger partial charge in [0.15, 0.2) is 5.78 Å². The second-order valence-electron chi connectivity index (χ2n) is 4.13. The third-order valence-electron chi connectivity index (χ3n) is 2.53. The molecule has 2 amide bonds. The molecule has 1 aromatic rings. The van der Waals surface area contributed by atoms with Gasteiger partial charge in [0.2, 0.25) is 0 Å². The monoisotopic (exact) mass is 264 g/mol. The number of carbonyl (C=O) groups excluding carboxylic acids is 2. The maximum absolute atomic E-state index is 11.7. The molecule has 0 saturated heterocycles. The van der Waals surface area contributed by atoms with Crippen LogP contribution in [0.4, 0.5) is 10.5 Å². The van der Waals surface area contributed by atoms with Crippen LogP contribution in [0, 0.1) is 0 Å². The predicted octanol–water partition coefficient (Wildman–Crippen LogP) is 1.83. The molecule has 0 saturated carbocycles. The van der Waals surface area contributed by atoms with E-state index in [4.69, 9.17) is 5.11 Å². The molecule has 1 rings (SSSR count). The molecule has 0 bridgehead atoms. The topological polar surface area (TPSA) is 86.7 Å². The molecule has 2 N–H and O–H groups in total. The van der Waals surface area contributed by atoms with Crippen molar-refractivity contribution >= 4 is 23.5 Å². The Hall–Kier alpha value is -2.37. The molecule has 0 fully saturated rings. The first kappa shape index (κ1) is 14.7. The summed E-state index contributed by atoms with van der Waals surface area (Å²) in [5.41, 5.74) is 1.01. The number of carboxylic acid groups (broad SMARTS) is 1. The molecule has 0 heterocycles. The number of benzene rings is 1. The quantitative estimate of drug-likeness (QED) is 0.794. The molecule has 6 nitrogen and oxygen atoms in total. The number of ketones is 1. The van der Waals surface area contributed by atoms with Crippen molar-refractivity contribution in [3.63, 3.8) is 0 Å². The summed E-state index contributed by atoms with van der Waals surface area (Å²) in [6.45, 7) is 1.56. The number of nitrogens with zero attached hydrogens (tertiary/aromatic N) is 1. The van der Waals surface area contributed by atoms with Gasteiger partial charge in [0.05, 0.1) is 6.42 Å². The number of anilines is 1. The zero-order chi connectivity index (χ0) is 14.4. The van der Waals surface area contributed by atoms with Crippen molar-refractivity contribution in [2.24, 2.45) is 0 Å². The highest BCUT2D eigenvalue weighted by molar-refractivity contribution is 5.96. The summed E-state index contributed by atoms with van der Waals surface area (Å²) in [5, 5.41) is 11.1. The van der Waals surface area contributed by atoms with E-state index in [-0.39, 0.29) is 18.7 Å². The van der Waals surface area contributed by atoms with Crippen LogP contribution < -0.4 is 5.32 Å². The van der Waals surface area contributed by atoms with Crippen LogP contribution in [0.25, 0.3) is 0 Å². The first-order chi connectivity index (χ1) is 8.90. The number of carboxylic acids is 1. The molecule has 0 spiro atoms. The summed E-state index contributed by atoms with van der Waals surface area (Å²) in [4.78, 5) is 34.6. The average Bonchev–Trinajstić information content (AvgIpc) is 2.36. The van der Waals surface area contributed by atoms with Crippen molar-refractivity contribution in [3.8, 4) is 0 Å². The van der Waals surface area contributed by atoms with Crippen molar-refractivity contribution < 1.29 is 19.5 Å². The lowest BCUT2D eigenvalue weighted by Gasteiger charge is -2.17. The Labute approximate surface area is 111 Å². The molecule has 102 valence electrons. The highest BCUT2D eigenvalue weighted by Crippen LogP contribution is 2.11. The van der Waals surface area contributed by atoms with Gasteiger partial charge in [0, 0.05) is 24.8 Å². The lowest BCUT2D eigenvalue weighted by molar-refractivity contribution is -0.137. The second-order valence-corrected chi connectivity index (χ2v) is 4.13. The lowest BCUT2D eigenvalue weighted by Crippen LogP contribution is -2.33. The Balaban J connectivity index is 2.63. The Bertz CT molecular complexity index is 499. The van der Waals surface area contributed by atoms with Crippen LogP contribution >= 0.6 is 0 Å². The first-order valence-electron chi connectivity index (χ1n) is 5.75. The fourth-order valence-corrected chi connectivity index (χ4v) is 1.40. The van der Waals surface area contributed by atoms with Crippen LogP contribution in [0.5, 0.6) is 0 Å². The van der Waals surface area contributed by atoms with Gasteiger partial charge in [-0.2, -0.15) is 0 Å². The molecule has 6 heteroatoms. The van der Waals surface area contributed by atoms with Gasteiger partial charge in [-0.05, 0) is 19.1 Å². The summed E-state index contributed by atoms with van der Waals surface area (Å²) < 4.78 is 0. The van der Waals surface area contributed by atoms with Crippen molar-refractivity contribution in [2.45, 2.75) is 13.3 Å². The number of urea groups is 1. The van der Waals surface area contributed by atoms with E-state index >= 15 is 0 Å². The van der Waals surface area contributed by atoms with Gasteiger partial charge in [0.25, 0.3) is 0 Å². The summed E-state index contributed by atoms with van der Waals surface area (Å²) in [5.74, 6) is -1.05. The van der Waals surface area contributed by atoms with Gasteiger partial charge in [-0.25, -0.2) is 4.79 Å². The number of hydrogen-bond donors (Lipinski definition) is 2. The number of hydrogen-bond acceptors (Lipinski definition) is 3. The minimum Gasteiger partial charge on any atom is -0.481 e. The molecule has 0 aliphatic carbocycles. The van der Waals surface area contributed by atoms with Crippen molar-refractivity contribution in [3.05, 3.63) is 29.8 Å². The van der Waals surface area contributed by atoms with E-state index in [1.54, 1.807) is 24.3 Å². The zero-order valence-electron chi connectivity index (χ0n) is 10.8. The van der Waals surface area contributed by atoms with Gasteiger partial charge in [-0.3, -0.25) is 9.59 Å². The summed E-state index contributed by atoms with van der Waals surface area (Å²) in [6, 6.07) is 6.15. The minimum absolute atomic E-state index is 0.0877. The van der Waals surface area contributed by atoms with Crippen molar-refractivity contribution in [1.82, 2.24) is 4.90 Å². The molecule has 19 heavy (non-hydrogen) atoms. The molecule has 0 unspecified atom stereocenters. The van der Waals surface area contributed by atoms with Crippen molar-refractivity contribution in [2.75, 3.05) is 18.9 Å². The molecule has 0 aliphatic rings. The minimum atomic E-state index is -0.960. The van der Waals surface area contributed by atoms with Crippen LogP contribution in [0.3, 0.4) is 0 Å². The number of Topliss-reactive ketones (excluding diaryl/α,β-unsaturated/α-hetero) is 1. The number of carbonyl (C=O) groups is 3. The smallest absolute Gasteiger partial charge is 0.321 e. The van der Waals surface area contributed by atoms with E-state index < -0.39 is 12.0 Å². The molecular formula is C13H16N2O4. The van der Waals surface area contributed by atoms with Crippen molar-refractivity contribution in [1.29, 1.82) is 0 Å². The fraction of sp³-hybridized carbons (Fsp3) is 0.308. The Kier molecular flexibility index (Phi) is 5.05. The van der Waals surface area contributed by atoms with Crippen LogP contribution in [-0.2, 0) is 4.79 Å². The number of amides is 2. The standard InChI is InChI=1S/C13H16N2O4/c1-9(16)10-4-3-5-11(8-10)14-13(19)15(2)7-6-12(17)18/h3-5,8H,6-7H2,1-2H3,(H,14,19)(H,17,18). The van der Waals surface area contributed by atoms with Crippen LogP contribution in [0.1, 0.15) is 23.7 Å². The van der Waals surface area contributed by atoms with E-state index in [0.29, 0.717) is 11.3 Å². The predicted molar refractivity (Wildman–Crippen MR) is 70.3 cm³/mol. The highest BCUT2D eigenvalue weighted by Gasteiger charge is 2.10. The van der Waals surface area contributed by atoms with Gasteiger partial charge in [-0.15, -0.1) is 0 Å². The Morgan fingerprint density at radius 2 is 2.00 bits per heavy atom. The fourth-order valence-electron chi connectivity index (χ4n) is 1.40. The van der Waals surface area contributed by atoms with E-state index in [0.717, 1.165) is 0 Å². The Morgan fingerprint density at radius 3 is 2.58 bits per heavy atom. The molecule has 0 aromatic heterocycles. The normalized spacial score (nSPS) is 9.79. The summed E-state index contributed by atoms with van der Waals surface area (Å²) in [6.07, 6.45) is -0.114. The van der Waals surface area contributed by atoms with Crippen LogP contribution in [0.15, 0.2) is 24.3 Å². The largest absolute Gasteiger partial charge is 0.481 e. The second kappa shape index (κ2) is 6.53. The number of nitrogens with one attached hydrogen (secondary N) is 1. The van der Waals surface area contributed by atoms with Crippen LogP contribution in [-0.4, -0.2) is 41.4 Å².